The minimum absolute atomic E-state index is 0.0184. The molecule has 1 aliphatic heterocycles. The predicted octanol–water partition coefficient (Wildman–Crippen LogP) is 3.23. The van der Waals surface area contributed by atoms with Crippen molar-refractivity contribution in [3.63, 3.8) is 0 Å². The molecule has 1 heterocycles. The van der Waals surface area contributed by atoms with Crippen molar-refractivity contribution in [2.75, 3.05) is 13.7 Å². The quantitative estimate of drug-likeness (QED) is 0.775. The fraction of sp³-hybridized carbons (Fsp3) is 0.364. The van der Waals surface area contributed by atoms with Crippen molar-refractivity contribution in [1.29, 1.82) is 0 Å². The number of Topliss-reactive ketones (excluding diaryl/α,β-unsaturated/α-hetero) is 2. The van der Waals surface area contributed by atoms with Gasteiger partial charge < -0.3 is 19.7 Å². The number of hydrogen-bond acceptors (Lipinski definition) is 6. The van der Waals surface area contributed by atoms with Crippen LogP contribution in [0, 0.1) is 0 Å². The van der Waals surface area contributed by atoms with E-state index in [1.165, 1.54) is 13.2 Å². The number of carbonyl (C=O) groups is 2. The van der Waals surface area contributed by atoms with Gasteiger partial charge in [0.05, 0.1) is 30.3 Å². The van der Waals surface area contributed by atoms with E-state index in [2.05, 4.69) is 0 Å². The molecule has 0 fully saturated rings. The lowest BCUT2D eigenvalue weighted by Crippen LogP contribution is -2.30. The van der Waals surface area contributed by atoms with Crippen molar-refractivity contribution in [2.24, 2.45) is 0 Å². The first-order chi connectivity index (χ1) is 13.2. The van der Waals surface area contributed by atoms with Crippen LogP contribution in [0.5, 0.6) is 11.5 Å². The highest BCUT2D eigenvalue weighted by Crippen LogP contribution is 2.52. The van der Waals surface area contributed by atoms with Crippen molar-refractivity contribution in [3.05, 3.63) is 57.9 Å². The molecule has 2 atom stereocenters. The van der Waals surface area contributed by atoms with Crippen LogP contribution < -0.4 is 4.74 Å². The molecule has 1 aliphatic carbocycles. The smallest absolute Gasteiger partial charge is 0.228 e. The minimum atomic E-state index is -0.719. The number of aliphatic hydroxyl groups is 1. The predicted molar refractivity (Wildman–Crippen MR) is 104 cm³/mol. The molecule has 2 N–H and O–H groups in total. The van der Waals surface area contributed by atoms with Crippen LogP contribution in [0.2, 0.25) is 0 Å². The number of allylic oxidation sites excluding steroid dienone is 4. The number of ketones is 2. The van der Waals surface area contributed by atoms with Crippen LogP contribution in [0.15, 0.2) is 41.2 Å². The summed E-state index contributed by atoms with van der Waals surface area (Å²) in [6.07, 6.45) is 5.06. The monoisotopic (exact) mass is 384 g/mol. The van der Waals surface area contributed by atoms with Crippen molar-refractivity contribution < 1.29 is 29.3 Å². The Balaban J connectivity index is 2.21. The van der Waals surface area contributed by atoms with Gasteiger partial charge in [-0.25, -0.2) is 0 Å². The molecular formula is C22H24O6. The first kappa shape index (κ1) is 19.9. The van der Waals surface area contributed by atoms with Crippen molar-refractivity contribution in [2.45, 2.75) is 39.2 Å². The van der Waals surface area contributed by atoms with Crippen LogP contribution in [0.3, 0.4) is 0 Å². The van der Waals surface area contributed by atoms with Gasteiger partial charge in [-0.2, -0.15) is 0 Å². The van der Waals surface area contributed by atoms with Crippen molar-refractivity contribution in [1.82, 2.24) is 0 Å². The van der Waals surface area contributed by atoms with Gasteiger partial charge in [-0.3, -0.25) is 9.59 Å². The maximum atomic E-state index is 13.0. The maximum Gasteiger partial charge on any atom is 0.228 e. The van der Waals surface area contributed by atoms with E-state index in [1.54, 1.807) is 26.0 Å². The zero-order chi connectivity index (χ0) is 20.8. The van der Waals surface area contributed by atoms with Gasteiger partial charge >= 0.3 is 0 Å². The highest BCUT2D eigenvalue weighted by Gasteiger charge is 2.47. The number of phenols is 1. The summed E-state index contributed by atoms with van der Waals surface area (Å²) in [4.78, 5) is 25.7. The first-order valence-corrected chi connectivity index (χ1v) is 9.04. The molecule has 0 amide bonds. The van der Waals surface area contributed by atoms with Gasteiger partial charge in [0.2, 0.25) is 5.78 Å². The van der Waals surface area contributed by atoms with Crippen LogP contribution in [-0.4, -0.2) is 41.6 Å². The molecule has 0 saturated heterocycles. The second-order valence-electron chi connectivity index (χ2n) is 7.41. The number of benzene rings is 1. The summed E-state index contributed by atoms with van der Waals surface area (Å²) in [5, 5.41) is 19.9. The van der Waals surface area contributed by atoms with E-state index in [1.807, 2.05) is 19.9 Å². The third-order valence-corrected chi connectivity index (χ3v) is 5.57. The van der Waals surface area contributed by atoms with Gasteiger partial charge in [-0.05, 0) is 39.3 Å². The Bertz CT molecular complexity index is 966. The van der Waals surface area contributed by atoms with E-state index in [4.69, 9.17) is 14.6 Å². The molecule has 2 unspecified atom stereocenters. The molecule has 28 heavy (non-hydrogen) atoms. The zero-order valence-corrected chi connectivity index (χ0v) is 16.6. The van der Waals surface area contributed by atoms with Crippen LogP contribution in [0.4, 0.5) is 0 Å². The molecule has 1 aromatic rings. The van der Waals surface area contributed by atoms with E-state index >= 15 is 0 Å². The molecule has 0 saturated carbocycles. The molecule has 1 aromatic carbocycles. The number of aromatic hydroxyl groups is 1. The molecule has 0 aromatic heterocycles. The van der Waals surface area contributed by atoms with E-state index in [-0.39, 0.29) is 52.5 Å². The third kappa shape index (κ3) is 2.76. The summed E-state index contributed by atoms with van der Waals surface area (Å²) < 4.78 is 11.1. The summed E-state index contributed by atoms with van der Waals surface area (Å²) in [6, 6.07) is 1.32. The van der Waals surface area contributed by atoms with Gasteiger partial charge in [-0.15, -0.1) is 0 Å². The summed E-state index contributed by atoms with van der Waals surface area (Å²) in [5.74, 6) is -0.682. The first-order valence-electron chi connectivity index (χ1n) is 9.04. The van der Waals surface area contributed by atoms with E-state index < -0.39 is 11.2 Å². The van der Waals surface area contributed by atoms with Gasteiger partial charge in [0, 0.05) is 11.1 Å². The van der Waals surface area contributed by atoms with Gasteiger partial charge in [0.25, 0.3) is 0 Å². The summed E-state index contributed by atoms with van der Waals surface area (Å²) >= 11 is 0. The Labute approximate surface area is 163 Å². The minimum Gasteiger partial charge on any atom is -0.507 e. The van der Waals surface area contributed by atoms with Crippen LogP contribution in [0.25, 0.3) is 0 Å². The van der Waals surface area contributed by atoms with Gasteiger partial charge in [0.15, 0.2) is 11.5 Å². The summed E-state index contributed by atoms with van der Waals surface area (Å²) in [6.45, 7) is 7.04. The molecule has 2 aliphatic rings. The second-order valence-corrected chi connectivity index (χ2v) is 7.41. The molecule has 0 radical (unpaired) electrons. The number of rotatable bonds is 4. The topological polar surface area (TPSA) is 93.1 Å². The Morgan fingerprint density at radius 1 is 1.36 bits per heavy atom. The Hall–Kier alpha value is -2.86. The van der Waals surface area contributed by atoms with Crippen molar-refractivity contribution in [3.8, 4) is 11.5 Å². The van der Waals surface area contributed by atoms with E-state index in [0.29, 0.717) is 5.56 Å². The average Bonchev–Trinajstić information content (AvgIpc) is 2.91. The average molecular weight is 384 g/mol. The lowest BCUT2D eigenvalue weighted by Gasteiger charge is -2.25. The second kappa shape index (κ2) is 6.95. The fourth-order valence-corrected chi connectivity index (χ4v) is 3.70. The summed E-state index contributed by atoms with van der Waals surface area (Å²) in [7, 11) is 1.34. The molecule has 6 nitrogen and oxygen atoms in total. The number of methoxy groups -OCH3 is 1. The highest BCUT2D eigenvalue weighted by molar-refractivity contribution is 6.27. The highest BCUT2D eigenvalue weighted by atomic mass is 16.5. The van der Waals surface area contributed by atoms with Crippen LogP contribution in [-0.2, 0) is 10.2 Å². The standard InChI is InChI=1S/C22H24O6/c1-11(10-23)7-6-8-22(4)13(3)28-21-16-14(9-15(24)17(21)22)19(26)20(27-5)12(2)18(16)25/h6-9,13,23-24H,10H2,1-5H3/b8-6+,11-7+. The Morgan fingerprint density at radius 3 is 2.64 bits per heavy atom. The number of aliphatic hydroxyl groups excluding tert-OH is 1. The Morgan fingerprint density at radius 2 is 2.04 bits per heavy atom. The number of hydrogen-bond donors (Lipinski definition) is 2. The van der Waals surface area contributed by atoms with Gasteiger partial charge in [-0.1, -0.05) is 18.2 Å². The molecule has 3 rings (SSSR count). The van der Waals surface area contributed by atoms with Crippen LogP contribution in [0.1, 0.15) is 54.0 Å². The molecule has 0 spiro atoms. The fourth-order valence-electron chi connectivity index (χ4n) is 3.70. The zero-order valence-electron chi connectivity index (χ0n) is 16.6. The normalized spacial score (nSPS) is 24.5. The third-order valence-electron chi connectivity index (χ3n) is 5.57. The van der Waals surface area contributed by atoms with E-state index in [0.717, 1.165) is 5.57 Å². The Kier molecular flexibility index (Phi) is 4.93. The summed E-state index contributed by atoms with van der Waals surface area (Å²) in [5.41, 5.74) is 1.01. The number of phenolic OH excluding ortho intramolecular Hbond substituents is 1. The SMILES string of the molecule is COC1=C(C)C(=O)c2c(cc(O)c3c2OC(C)C3(C)/C=C/C=C(\C)CO)C1=O. The van der Waals surface area contributed by atoms with Crippen molar-refractivity contribution >= 4 is 11.6 Å². The lowest BCUT2D eigenvalue weighted by molar-refractivity contribution is 0.0902. The number of carbonyl (C=O) groups excluding carboxylic acids is 2. The number of ether oxygens (including phenoxy) is 2. The lowest BCUT2D eigenvalue weighted by atomic mass is 9.76. The largest absolute Gasteiger partial charge is 0.507 e. The molecule has 6 heteroatoms. The molecule has 148 valence electrons. The molecular weight excluding hydrogens is 360 g/mol. The van der Waals surface area contributed by atoms with E-state index in [9.17, 15) is 14.7 Å². The maximum absolute atomic E-state index is 13.0. The van der Waals surface area contributed by atoms with Gasteiger partial charge in [0.1, 0.15) is 17.6 Å². The number of fused-ring (bicyclic) bond motifs is 3. The molecule has 0 bridgehead atoms. The van der Waals surface area contributed by atoms with Crippen LogP contribution >= 0.6 is 0 Å².